The molecule has 1 unspecified atom stereocenters. The van der Waals surface area contributed by atoms with Gasteiger partial charge in [-0.2, -0.15) is 15.1 Å². The smallest absolute Gasteiger partial charge is 0.286 e. The fourth-order valence-corrected chi connectivity index (χ4v) is 9.70. The number of halogens is 2. The van der Waals surface area contributed by atoms with E-state index in [9.17, 15) is 9.00 Å². The Bertz CT molecular complexity index is 2100. The Morgan fingerprint density at radius 2 is 1.94 bits per heavy atom. The highest BCUT2D eigenvalue weighted by atomic mass is 35.5. The number of hydrogen-bond donors (Lipinski definition) is 1. The lowest BCUT2D eigenvalue weighted by molar-refractivity contribution is 0.0133. The molecule has 0 radical (unpaired) electrons. The maximum atomic E-state index is 14.9. The highest BCUT2D eigenvalue weighted by Gasteiger charge is 2.38. The Balaban J connectivity index is 1.35. The van der Waals surface area contributed by atoms with Crippen molar-refractivity contribution < 1.29 is 18.5 Å². The van der Waals surface area contributed by atoms with Crippen LogP contribution in [0, 0.1) is 17.8 Å². The molecule has 1 aliphatic carbocycles. The van der Waals surface area contributed by atoms with E-state index in [4.69, 9.17) is 32.7 Å². The summed E-state index contributed by atoms with van der Waals surface area (Å²) < 4.78 is 36.3. The maximum Gasteiger partial charge on any atom is 0.286 e. The Morgan fingerprint density at radius 3 is 2.75 bits per heavy atom. The van der Waals surface area contributed by atoms with Crippen LogP contribution in [-0.2, 0) is 34.7 Å². The maximum absolute atomic E-state index is 14.9. The monoisotopic (exact) mass is 751 g/mol. The fraction of sp³-hybridized carbons (Fsp3) is 0.459. The number of anilines is 2. The van der Waals surface area contributed by atoms with Crippen LogP contribution in [0.4, 0.5) is 11.5 Å². The topological polar surface area (TPSA) is 124 Å². The second kappa shape index (κ2) is 15.1. The van der Waals surface area contributed by atoms with Crippen LogP contribution in [0.2, 0.25) is 10.3 Å². The first-order valence-electron chi connectivity index (χ1n) is 17.5. The standard InChI is InChI=1S/C37H43Cl2N7O4S/c1-23-7-6-9-32(49-3)29-14-11-27(29)20-46-19-26-10-13-28(38)17-24(26)8-4-5-16-50-33-15-12-25(18-31(33)46)36(47)44-51(48,22-23)43-35-30-21-45(2)42-34(30)40-37(39)41-35/h6,9-10,12-13,15,17-18,21,23,27,29,32H,4-5,7-8,11,14,16,19-20,22H2,1-3H3,(H,40,41,42,43,44,47,48)/b9-6+/t23-,27-,29+,32-,51?/m0/s1. The number of carbonyl (C=O) groups is 1. The summed E-state index contributed by atoms with van der Waals surface area (Å²) in [5.41, 5.74) is 3.86. The Labute approximate surface area is 309 Å². The molecule has 3 aliphatic rings. The number of ether oxygens (including phenoxy) is 2. The summed E-state index contributed by atoms with van der Waals surface area (Å²) in [6, 6.07) is 11.5. The Morgan fingerprint density at radius 1 is 1.08 bits per heavy atom. The average Bonchev–Trinajstić information content (AvgIpc) is 3.44. The van der Waals surface area contributed by atoms with Gasteiger partial charge >= 0.3 is 0 Å². The molecule has 1 saturated carbocycles. The van der Waals surface area contributed by atoms with Gasteiger partial charge in [0.2, 0.25) is 5.28 Å². The van der Waals surface area contributed by atoms with Gasteiger partial charge in [0.25, 0.3) is 5.91 Å². The fourth-order valence-electron chi connectivity index (χ4n) is 7.39. The summed E-state index contributed by atoms with van der Waals surface area (Å²) >= 11 is 12.7. The summed E-state index contributed by atoms with van der Waals surface area (Å²) in [6.07, 6.45) is 11.4. The van der Waals surface area contributed by atoms with E-state index in [2.05, 4.69) is 53.3 Å². The molecule has 2 bridgehead atoms. The zero-order valence-electron chi connectivity index (χ0n) is 29.1. The van der Waals surface area contributed by atoms with Crippen molar-refractivity contribution in [2.24, 2.45) is 29.2 Å². The Hall–Kier alpha value is -3.71. The summed E-state index contributed by atoms with van der Waals surface area (Å²) in [6.45, 7) is 3.89. The Kier molecular flexibility index (Phi) is 10.6. The van der Waals surface area contributed by atoms with Gasteiger partial charge in [0, 0.05) is 44.0 Å². The molecule has 270 valence electrons. The van der Waals surface area contributed by atoms with Crippen LogP contribution in [-0.4, -0.2) is 62.0 Å². The third-order valence-electron chi connectivity index (χ3n) is 10.1. The first-order chi connectivity index (χ1) is 24.6. The van der Waals surface area contributed by atoms with Gasteiger partial charge < -0.3 is 14.4 Å². The lowest BCUT2D eigenvalue weighted by Gasteiger charge is -2.43. The van der Waals surface area contributed by atoms with Gasteiger partial charge in [-0.3, -0.25) is 14.2 Å². The van der Waals surface area contributed by atoms with Crippen LogP contribution >= 0.6 is 23.2 Å². The molecule has 14 heteroatoms. The molecule has 2 aromatic carbocycles. The lowest BCUT2D eigenvalue weighted by atomic mass is 9.70. The largest absolute Gasteiger partial charge is 0.491 e. The molecule has 2 aromatic heterocycles. The van der Waals surface area contributed by atoms with E-state index >= 15 is 0 Å². The van der Waals surface area contributed by atoms with Crippen molar-refractivity contribution in [1.82, 2.24) is 19.7 Å². The van der Waals surface area contributed by atoms with E-state index in [0.717, 1.165) is 49.4 Å². The lowest BCUT2D eigenvalue weighted by Crippen LogP contribution is -2.43. The molecule has 4 heterocycles. The zero-order valence-corrected chi connectivity index (χ0v) is 31.4. The number of amides is 1. The molecular formula is C37H43Cl2N7O4S. The number of nitrogens with zero attached hydrogens (tertiary/aromatic N) is 6. The normalized spacial score (nSPS) is 26.5. The first kappa shape index (κ1) is 35.7. The molecule has 51 heavy (non-hydrogen) atoms. The molecule has 0 saturated heterocycles. The minimum atomic E-state index is -3.43. The summed E-state index contributed by atoms with van der Waals surface area (Å²) in [5, 5.41) is 5.51. The molecule has 4 aromatic rings. The molecule has 5 atom stereocenters. The number of benzene rings is 2. The van der Waals surface area contributed by atoms with E-state index in [1.807, 2.05) is 25.1 Å². The minimum Gasteiger partial charge on any atom is -0.491 e. The van der Waals surface area contributed by atoms with Crippen molar-refractivity contribution in [2.45, 2.75) is 58.1 Å². The summed E-state index contributed by atoms with van der Waals surface area (Å²) in [7, 11) is 0.0811. The van der Waals surface area contributed by atoms with Crippen molar-refractivity contribution in [3.8, 4) is 5.75 Å². The number of aromatic nitrogens is 4. The van der Waals surface area contributed by atoms with Gasteiger partial charge in [-0.05, 0) is 109 Å². The predicted octanol–water partition coefficient (Wildman–Crippen LogP) is 7.66. The third-order valence-corrected chi connectivity index (χ3v) is 12.5. The summed E-state index contributed by atoms with van der Waals surface area (Å²) in [5.74, 6) is 0.974. The van der Waals surface area contributed by atoms with Crippen molar-refractivity contribution in [3.05, 3.63) is 81.7 Å². The second-order valence-corrected chi connectivity index (χ2v) is 16.7. The van der Waals surface area contributed by atoms with Gasteiger partial charge in [0.05, 0.1) is 29.5 Å². The number of methoxy groups -OCH3 is 1. The van der Waals surface area contributed by atoms with Gasteiger partial charge in [0.1, 0.15) is 15.7 Å². The van der Waals surface area contributed by atoms with E-state index < -0.39 is 15.8 Å². The molecule has 7 rings (SSSR count). The predicted molar refractivity (Wildman–Crippen MR) is 202 cm³/mol. The van der Waals surface area contributed by atoms with E-state index in [0.29, 0.717) is 53.8 Å². The molecule has 11 nitrogen and oxygen atoms in total. The molecule has 0 spiro atoms. The van der Waals surface area contributed by atoms with Crippen LogP contribution in [0.3, 0.4) is 0 Å². The average molecular weight is 753 g/mol. The SMILES string of the molecule is CO[C@H]1/C=C/C[C@H](C)CS(=O)(Nc2nc(Cl)nc3nn(C)cc23)=NC(=O)c2ccc3c(c2)N(Cc2ccc(Cl)cc2CCCCO3)C[C@@H]2CC[C@H]21. The van der Waals surface area contributed by atoms with Gasteiger partial charge in [0.15, 0.2) is 11.5 Å². The van der Waals surface area contributed by atoms with Crippen LogP contribution in [0.1, 0.15) is 60.5 Å². The number of hydrogen-bond acceptors (Lipinski definition) is 8. The highest BCUT2D eigenvalue weighted by Crippen LogP contribution is 2.42. The van der Waals surface area contributed by atoms with E-state index in [1.54, 1.807) is 31.1 Å². The van der Waals surface area contributed by atoms with E-state index in [1.165, 1.54) is 11.1 Å². The molecule has 1 amide bonds. The number of nitrogens with one attached hydrogen (secondary N) is 1. The number of fused-ring (bicyclic) bond motifs is 4. The molecule has 1 N–H and O–H groups in total. The van der Waals surface area contributed by atoms with Crippen LogP contribution < -0.4 is 14.4 Å². The van der Waals surface area contributed by atoms with Crippen molar-refractivity contribution in [1.29, 1.82) is 0 Å². The van der Waals surface area contributed by atoms with Crippen LogP contribution in [0.5, 0.6) is 5.75 Å². The quantitative estimate of drug-likeness (QED) is 0.167. The number of allylic oxidation sites excluding steroid dienone is 1. The van der Waals surface area contributed by atoms with Crippen LogP contribution in [0.15, 0.2) is 59.1 Å². The van der Waals surface area contributed by atoms with Crippen molar-refractivity contribution in [3.63, 3.8) is 0 Å². The third kappa shape index (κ3) is 8.04. The number of aryl methyl sites for hydroxylation is 2. The van der Waals surface area contributed by atoms with Gasteiger partial charge in [-0.15, -0.1) is 4.36 Å². The summed E-state index contributed by atoms with van der Waals surface area (Å²) in [4.78, 5) is 25.0. The second-order valence-electron chi connectivity index (χ2n) is 13.9. The zero-order chi connectivity index (χ0) is 35.7. The minimum absolute atomic E-state index is 0.0586. The number of carbonyl (C=O) groups excluding carboxylic acids is 1. The van der Waals surface area contributed by atoms with Gasteiger partial charge in [-0.1, -0.05) is 36.7 Å². The van der Waals surface area contributed by atoms with Crippen molar-refractivity contribution >= 4 is 61.6 Å². The van der Waals surface area contributed by atoms with Gasteiger partial charge in [-0.25, -0.2) is 4.21 Å². The first-order valence-corrected chi connectivity index (χ1v) is 19.9. The highest BCUT2D eigenvalue weighted by molar-refractivity contribution is 7.95. The molecular weight excluding hydrogens is 709 g/mol. The van der Waals surface area contributed by atoms with E-state index in [-0.39, 0.29) is 28.9 Å². The van der Waals surface area contributed by atoms with Crippen molar-refractivity contribution in [2.75, 3.05) is 35.6 Å². The van der Waals surface area contributed by atoms with Crippen LogP contribution in [0.25, 0.3) is 11.0 Å². The number of rotatable bonds is 3. The molecule has 1 fully saturated rings. The molecule has 2 aliphatic heterocycles.